The number of hydrogen-bond donors (Lipinski definition) is 1. The molecular formula is C13H19NO2S. The van der Waals surface area contributed by atoms with Crippen LogP contribution in [0.15, 0.2) is 24.3 Å². The maximum Gasteiger partial charge on any atom is 0.142 e. The minimum absolute atomic E-state index is 0.395. The van der Waals surface area contributed by atoms with Crippen LogP contribution in [0.4, 0.5) is 5.69 Å². The summed E-state index contributed by atoms with van der Waals surface area (Å²) in [5, 5.41) is 0.395. The Kier molecular flexibility index (Phi) is 4.42. The minimum atomic E-state index is -0.741. The van der Waals surface area contributed by atoms with E-state index >= 15 is 0 Å². The summed E-state index contributed by atoms with van der Waals surface area (Å²) in [4.78, 5) is 0. The number of benzene rings is 1. The topological polar surface area (TPSA) is 52.3 Å². The third kappa shape index (κ3) is 3.46. The van der Waals surface area contributed by atoms with Gasteiger partial charge in [0.2, 0.25) is 0 Å². The molecule has 0 radical (unpaired) electrons. The molecule has 1 saturated carbocycles. The second kappa shape index (κ2) is 6.05. The van der Waals surface area contributed by atoms with Crippen molar-refractivity contribution < 1.29 is 8.95 Å². The number of nitrogen functional groups attached to an aromatic ring is 1. The third-order valence-corrected chi connectivity index (χ3v) is 4.92. The van der Waals surface area contributed by atoms with Crippen molar-refractivity contribution in [3.05, 3.63) is 24.3 Å². The van der Waals surface area contributed by atoms with Crippen LogP contribution in [0.2, 0.25) is 0 Å². The van der Waals surface area contributed by atoms with Gasteiger partial charge in [0.05, 0.1) is 18.0 Å². The van der Waals surface area contributed by atoms with E-state index in [0.29, 0.717) is 29.0 Å². The summed E-state index contributed by atoms with van der Waals surface area (Å²) in [6, 6.07) is 7.41. The molecule has 0 heterocycles. The van der Waals surface area contributed by atoms with Gasteiger partial charge >= 0.3 is 0 Å². The van der Waals surface area contributed by atoms with Crippen LogP contribution in [0.3, 0.4) is 0 Å². The Bertz CT molecular complexity index is 389. The van der Waals surface area contributed by atoms with E-state index in [4.69, 9.17) is 10.5 Å². The van der Waals surface area contributed by atoms with Crippen LogP contribution >= 0.6 is 0 Å². The summed E-state index contributed by atoms with van der Waals surface area (Å²) < 4.78 is 17.5. The molecule has 0 aromatic heterocycles. The molecule has 0 saturated heterocycles. The largest absolute Gasteiger partial charge is 0.490 e. The van der Waals surface area contributed by atoms with Crippen molar-refractivity contribution in [2.24, 2.45) is 0 Å². The zero-order valence-corrected chi connectivity index (χ0v) is 10.7. The first-order valence-corrected chi connectivity index (χ1v) is 7.50. The first kappa shape index (κ1) is 12.4. The Morgan fingerprint density at radius 1 is 1.29 bits per heavy atom. The summed E-state index contributed by atoms with van der Waals surface area (Å²) in [5.74, 6) is 1.30. The molecule has 0 aliphatic heterocycles. The summed E-state index contributed by atoms with van der Waals surface area (Å²) in [6.45, 7) is 0.483. The van der Waals surface area contributed by atoms with Crippen LogP contribution in [-0.2, 0) is 10.8 Å². The molecule has 4 heteroatoms. The maximum absolute atomic E-state index is 11.9. The summed E-state index contributed by atoms with van der Waals surface area (Å²) >= 11 is 0. The average Bonchev–Trinajstić information content (AvgIpc) is 2.85. The zero-order chi connectivity index (χ0) is 12.1. The lowest BCUT2D eigenvalue weighted by Gasteiger charge is -2.11. The van der Waals surface area contributed by atoms with E-state index in [-0.39, 0.29) is 0 Å². The number of nitrogens with two attached hydrogens (primary N) is 1. The Morgan fingerprint density at radius 3 is 2.71 bits per heavy atom. The van der Waals surface area contributed by atoms with E-state index in [2.05, 4.69) is 0 Å². The highest BCUT2D eigenvalue weighted by atomic mass is 32.2. The molecule has 17 heavy (non-hydrogen) atoms. The van der Waals surface area contributed by atoms with Crippen molar-refractivity contribution in [1.29, 1.82) is 0 Å². The van der Waals surface area contributed by atoms with Crippen molar-refractivity contribution >= 4 is 16.5 Å². The van der Waals surface area contributed by atoms with Gasteiger partial charge in [-0.15, -0.1) is 0 Å². The van der Waals surface area contributed by atoms with E-state index in [1.54, 1.807) is 0 Å². The minimum Gasteiger partial charge on any atom is -0.490 e. The summed E-state index contributed by atoms with van der Waals surface area (Å²) in [5.41, 5.74) is 6.40. The van der Waals surface area contributed by atoms with Crippen molar-refractivity contribution in [3.63, 3.8) is 0 Å². The van der Waals surface area contributed by atoms with E-state index < -0.39 is 10.8 Å². The highest BCUT2D eigenvalue weighted by molar-refractivity contribution is 7.85. The lowest BCUT2D eigenvalue weighted by atomic mass is 10.3. The first-order chi connectivity index (χ1) is 8.27. The Hall–Kier alpha value is -1.03. The number of hydrogen-bond acceptors (Lipinski definition) is 3. The molecule has 1 fully saturated rings. The molecule has 0 bridgehead atoms. The van der Waals surface area contributed by atoms with Gasteiger partial charge in [-0.1, -0.05) is 25.0 Å². The predicted molar refractivity (Wildman–Crippen MR) is 71.6 cm³/mol. The SMILES string of the molecule is Nc1ccccc1OCCS(=O)C1CCCC1. The Balaban J connectivity index is 1.76. The van der Waals surface area contributed by atoms with Crippen molar-refractivity contribution in [3.8, 4) is 5.75 Å². The molecule has 1 atom stereocenters. The van der Waals surface area contributed by atoms with Gasteiger partial charge < -0.3 is 10.5 Å². The fourth-order valence-corrected chi connectivity index (χ4v) is 3.60. The van der Waals surface area contributed by atoms with Gasteiger partial charge in [-0.05, 0) is 25.0 Å². The number of anilines is 1. The average molecular weight is 253 g/mol. The lowest BCUT2D eigenvalue weighted by molar-refractivity contribution is 0.344. The summed E-state index contributed by atoms with van der Waals surface area (Å²) in [7, 11) is -0.741. The van der Waals surface area contributed by atoms with Gasteiger partial charge in [0.25, 0.3) is 0 Å². The maximum atomic E-state index is 11.9. The van der Waals surface area contributed by atoms with Gasteiger partial charge in [0.1, 0.15) is 5.75 Å². The molecule has 94 valence electrons. The van der Waals surface area contributed by atoms with Gasteiger partial charge in [-0.2, -0.15) is 0 Å². The normalized spacial score (nSPS) is 18.1. The van der Waals surface area contributed by atoms with Crippen LogP contribution in [0, 0.1) is 0 Å². The van der Waals surface area contributed by atoms with Crippen molar-refractivity contribution in [2.45, 2.75) is 30.9 Å². The van der Waals surface area contributed by atoms with Crippen LogP contribution in [0.25, 0.3) is 0 Å². The van der Waals surface area contributed by atoms with Crippen molar-refractivity contribution in [2.75, 3.05) is 18.1 Å². The van der Waals surface area contributed by atoms with Crippen LogP contribution in [0.5, 0.6) is 5.75 Å². The summed E-state index contributed by atoms with van der Waals surface area (Å²) in [6.07, 6.45) is 4.67. The quantitative estimate of drug-likeness (QED) is 0.819. The van der Waals surface area contributed by atoms with Crippen LogP contribution in [0.1, 0.15) is 25.7 Å². The second-order valence-corrected chi connectivity index (χ2v) is 6.21. The molecule has 1 unspecified atom stereocenters. The Morgan fingerprint density at radius 2 is 2.00 bits per heavy atom. The molecule has 0 spiro atoms. The predicted octanol–water partition coefficient (Wildman–Crippen LogP) is 2.34. The molecule has 2 N–H and O–H groups in total. The highest BCUT2D eigenvalue weighted by Crippen LogP contribution is 2.23. The van der Waals surface area contributed by atoms with Crippen molar-refractivity contribution in [1.82, 2.24) is 0 Å². The molecular weight excluding hydrogens is 234 g/mol. The first-order valence-electron chi connectivity index (χ1n) is 6.12. The van der Waals surface area contributed by atoms with Gasteiger partial charge in [0, 0.05) is 16.0 Å². The highest BCUT2D eigenvalue weighted by Gasteiger charge is 2.20. The fraction of sp³-hybridized carbons (Fsp3) is 0.538. The molecule has 2 rings (SSSR count). The molecule has 0 amide bonds. The number of ether oxygens (including phenoxy) is 1. The van der Waals surface area contributed by atoms with Gasteiger partial charge in [0.15, 0.2) is 0 Å². The molecule has 3 nitrogen and oxygen atoms in total. The van der Waals surface area contributed by atoms with E-state index in [0.717, 1.165) is 12.8 Å². The lowest BCUT2D eigenvalue weighted by Crippen LogP contribution is -2.18. The number of para-hydroxylation sites is 2. The van der Waals surface area contributed by atoms with E-state index in [9.17, 15) is 4.21 Å². The standard InChI is InChI=1S/C13H19NO2S/c14-12-7-3-4-8-13(12)16-9-10-17(15)11-5-1-2-6-11/h3-4,7-8,11H,1-2,5-6,9-10,14H2. The second-order valence-electron chi connectivity index (χ2n) is 4.38. The third-order valence-electron chi connectivity index (χ3n) is 3.14. The number of rotatable bonds is 5. The fourth-order valence-electron chi connectivity index (χ4n) is 2.16. The van der Waals surface area contributed by atoms with Crippen LogP contribution in [-0.4, -0.2) is 21.8 Å². The Labute approximate surface area is 105 Å². The van der Waals surface area contributed by atoms with Crippen LogP contribution < -0.4 is 10.5 Å². The molecule has 1 aromatic carbocycles. The molecule has 1 aliphatic carbocycles. The smallest absolute Gasteiger partial charge is 0.142 e. The monoisotopic (exact) mass is 253 g/mol. The zero-order valence-electron chi connectivity index (χ0n) is 9.93. The molecule has 1 aromatic rings. The van der Waals surface area contributed by atoms with E-state index in [1.165, 1.54) is 12.8 Å². The van der Waals surface area contributed by atoms with Gasteiger partial charge in [-0.25, -0.2) is 0 Å². The van der Waals surface area contributed by atoms with E-state index in [1.807, 2.05) is 24.3 Å². The van der Waals surface area contributed by atoms with Gasteiger partial charge in [-0.3, -0.25) is 4.21 Å². The molecule has 1 aliphatic rings.